The molecule has 5 nitrogen and oxygen atoms in total. The molecule has 0 saturated carbocycles. The van der Waals surface area contributed by atoms with E-state index in [1.165, 1.54) is 19.3 Å². The summed E-state index contributed by atoms with van der Waals surface area (Å²) in [6.07, 6.45) is 5.82. The molecule has 1 aromatic carbocycles. The molecule has 2 aromatic rings. The van der Waals surface area contributed by atoms with Crippen LogP contribution < -0.4 is 16.0 Å². The molecule has 0 saturated heterocycles. The van der Waals surface area contributed by atoms with Crippen LogP contribution in [-0.2, 0) is 0 Å². The van der Waals surface area contributed by atoms with Crippen molar-refractivity contribution in [1.29, 1.82) is 0 Å². The molecule has 0 spiro atoms. The first-order valence-corrected chi connectivity index (χ1v) is 7.13. The number of unbranched alkanes of at least 4 members (excludes halogenated alkanes) is 4. The van der Waals surface area contributed by atoms with E-state index in [9.17, 15) is 4.79 Å². The lowest BCUT2D eigenvalue weighted by Gasteiger charge is -2.06. The third kappa shape index (κ3) is 3.73. The minimum Gasteiger partial charge on any atom is -0.465 e. The summed E-state index contributed by atoms with van der Waals surface area (Å²) in [6.45, 7) is 2.76. The van der Waals surface area contributed by atoms with Crippen LogP contribution in [0.25, 0.3) is 10.9 Å². The number of fused-ring (bicyclic) bond motifs is 1. The second-order valence-electron chi connectivity index (χ2n) is 4.91. The van der Waals surface area contributed by atoms with E-state index in [2.05, 4.69) is 16.9 Å². The fourth-order valence-electron chi connectivity index (χ4n) is 2.08. The topological polar surface area (TPSA) is 81.0 Å². The first kappa shape index (κ1) is 14.4. The number of hydrogen-bond donors (Lipinski definition) is 2. The van der Waals surface area contributed by atoms with E-state index >= 15 is 0 Å². The highest BCUT2D eigenvalue weighted by molar-refractivity contribution is 5.81. The van der Waals surface area contributed by atoms with Crippen LogP contribution in [0.15, 0.2) is 23.0 Å². The van der Waals surface area contributed by atoms with Crippen LogP contribution in [0.5, 0.6) is 6.01 Å². The largest absolute Gasteiger partial charge is 0.465 e. The highest BCUT2D eigenvalue weighted by atomic mass is 16.5. The molecule has 0 aliphatic heterocycles. The summed E-state index contributed by atoms with van der Waals surface area (Å²) in [6, 6.07) is 5.36. The Labute approximate surface area is 118 Å². The van der Waals surface area contributed by atoms with Gasteiger partial charge in [-0.25, -0.2) is 0 Å². The highest BCUT2D eigenvalue weighted by Crippen LogP contribution is 2.13. The molecule has 2 rings (SSSR count). The van der Waals surface area contributed by atoms with Gasteiger partial charge in [0.15, 0.2) is 0 Å². The molecule has 5 heteroatoms. The lowest BCUT2D eigenvalue weighted by Crippen LogP contribution is -2.12. The maximum absolute atomic E-state index is 11.9. The second-order valence-corrected chi connectivity index (χ2v) is 4.91. The van der Waals surface area contributed by atoms with E-state index in [0.29, 0.717) is 23.2 Å². The molecule has 0 fully saturated rings. The molecule has 0 aliphatic carbocycles. The Hall–Kier alpha value is -2.04. The molecular weight excluding hydrogens is 254 g/mol. The summed E-state index contributed by atoms with van der Waals surface area (Å²) >= 11 is 0. The standard InChI is InChI=1S/C15H21N3O2/c1-2-3-4-5-6-9-20-15-17-13-8-7-11(16)10-12(13)14(19)18-15/h7-8,10H,2-6,9,16H2,1H3,(H,17,18,19). The Bertz CT molecular complexity index is 622. The average molecular weight is 275 g/mol. The molecular formula is C15H21N3O2. The van der Waals surface area contributed by atoms with E-state index in [1.54, 1.807) is 18.2 Å². The molecule has 1 heterocycles. The first-order valence-electron chi connectivity index (χ1n) is 7.13. The predicted octanol–water partition coefficient (Wildman–Crippen LogP) is 2.85. The maximum atomic E-state index is 11.9. The molecule has 0 amide bonds. The zero-order valence-corrected chi connectivity index (χ0v) is 11.8. The lowest BCUT2D eigenvalue weighted by atomic mass is 10.2. The number of benzene rings is 1. The number of nitrogens with zero attached hydrogens (tertiary/aromatic N) is 1. The normalized spacial score (nSPS) is 10.8. The molecule has 20 heavy (non-hydrogen) atoms. The number of aromatic nitrogens is 2. The van der Waals surface area contributed by atoms with Crippen molar-refractivity contribution < 1.29 is 4.74 Å². The number of hydrogen-bond acceptors (Lipinski definition) is 4. The van der Waals surface area contributed by atoms with Crippen molar-refractivity contribution >= 4 is 16.6 Å². The van der Waals surface area contributed by atoms with Crippen molar-refractivity contribution in [3.8, 4) is 6.01 Å². The van der Waals surface area contributed by atoms with Gasteiger partial charge in [0.2, 0.25) is 0 Å². The number of ether oxygens (including phenoxy) is 1. The van der Waals surface area contributed by atoms with Gasteiger partial charge in [-0.15, -0.1) is 0 Å². The molecule has 0 aliphatic rings. The number of aromatic amines is 1. The Kier molecular flexibility index (Phi) is 4.98. The average Bonchev–Trinajstić information content (AvgIpc) is 2.43. The Morgan fingerprint density at radius 3 is 2.85 bits per heavy atom. The summed E-state index contributed by atoms with van der Waals surface area (Å²) in [5.41, 5.74) is 6.59. The Morgan fingerprint density at radius 1 is 1.25 bits per heavy atom. The van der Waals surface area contributed by atoms with Crippen LogP contribution in [0, 0.1) is 0 Å². The quantitative estimate of drug-likeness (QED) is 0.601. The van der Waals surface area contributed by atoms with Gasteiger partial charge in [-0.05, 0) is 24.6 Å². The molecule has 0 atom stereocenters. The summed E-state index contributed by atoms with van der Waals surface area (Å²) < 4.78 is 5.51. The number of H-pyrrole nitrogens is 1. The maximum Gasteiger partial charge on any atom is 0.297 e. The number of anilines is 1. The monoisotopic (exact) mass is 275 g/mol. The molecule has 0 unspecified atom stereocenters. The number of rotatable bonds is 7. The SMILES string of the molecule is CCCCCCCOc1nc2ccc(N)cc2c(=O)[nH]1. The second kappa shape index (κ2) is 6.93. The fourth-order valence-corrected chi connectivity index (χ4v) is 2.08. The van der Waals surface area contributed by atoms with E-state index in [4.69, 9.17) is 10.5 Å². The van der Waals surface area contributed by atoms with Crippen LogP contribution >= 0.6 is 0 Å². The molecule has 3 N–H and O–H groups in total. The summed E-state index contributed by atoms with van der Waals surface area (Å²) in [5, 5.41) is 0.486. The zero-order valence-electron chi connectivity index (χ0n) is 11.8. The number of nitrogens with two attached hydrogens (primary N) is 1. The molecule has 1 aromatic heterocycles. The third-order valence-corrected chi connectivity index (χ3v) is 3.19. The van der Waals surface area contributed by atoms with Crippen molar-refractivity contribution in [2.75, 3.05) is 12.3 Å². The smallest absolute Gasteiger partial charge is 0.297 e. The van der Waals surface area contributed by atoms with Crippen molar-refractivity contribution in [3.63, 3.8) is 0 Å². The Balaban J connectivity index is 1.98. The van der Waals surface area contributed by atoms with E-state index < -0.39 is 0 Å². The van der Waals surface area contributed by atoms with Crippen LogP contribution in [0.2, 0.25) is 0 Å². The van der Waals surface area contributed by atoms with Gasteiger partial charge in [0, 0.05) is 5.69 Å². The third-order valence-electron chi connectivity index (χ3n) is 3.19. The summed E-state index contributed by atoms with van der Waals surface area (Å²) in [7, 11) is 0. The zero-order chi connectivity index (χ0) is 14.4. The van der Waals surface area contributed by atoms with Gasteiger partial charge in [0.05, 0.1) is 17.5 Å². The van der Waals surface area contributed by atoms with Crippen molar-refractivity contribution in [3.05, 3.63) is 28.6 Å². The van der Waals surface area contributed by atoms with Gasteiger partial charge in [-0.3, -0.25) is 9.78 Å². The van der Waals surface area contributed by atoms with Gasteiger partial charge < -0.3 is 10.5 Å². The van der Waals surface area contributed by atoms with E-state index in [0.717, 1.165) is 12.8 Å². The van der Waals surface area contributed by atoms with Gasteiger partial charge in [-0.2, -0.15) is 4.98 Å². The minimum atomic E-state index is -0.219. The van der Waals surface area contributed by atoms with Crippen molar-refractivity contribution in [2.24, 2.45) is 0 Å². The summed E-state index contributed by atoms with van der Waals surface area (Å²) in [5.74, 6) is 0. The minimum absolute atomic E-state index is 0.219. The molecule has 0 bridgehead atoms. The van der Waals surface area contributed by atoms with Crippen LogP contribution in [0.4, 0.5) is 5.69 Å². The van der Waals surface area contributed by atoms with Gasteiger partial charge >= 0.3 is 0 Å². The van der Waals surface area contributed by atoms with Crippen LogP contribution in [-0.4, -0.2) is 16.6 Å². The van der Waals surface area contributed by atoms with E-state index in [1.807, 2.05) is 0 Å². The van der Waals surface area contributed by atoms with Crippen LogP contribution in [0.1, 0.15) is 39.0 Å². The fraction of sp³-hybridized carbons (Fsp3) is 0.467. The molecule has 108 valence electrons. The number of nitrogen functional groups attached to an aromatic ring is 1. The highest BCUT2D eigenvalue weighted by Gasteiger charge is 2.04. The Morgan fingerprint density at radius 2 is 2.05 bits per heavy atom. The van der Waals surface area contributed by atoms with Gasteiger partial charge in [0.25, 0.3) is 11.6 Å². The van der Waals surface area contributed by atoms with Crippen molar-refractivity contribution in [1.82, 2.24) is 9.97 Å². The van der Waals surface area contributed by atoms with E-state index in [-0.39, 0.29) is 11.6 Å². The summed E-state index contributed by atoms with van der Waals surface area (Å²) in [4.78, 5) is 18.8. The predicted molar refractivity (Wildman–Crippen MR) is 81.0 cm³/mol. The van der Waals surface area contributed by atoms with Gasteiger partial charge in [-0.1, -0.05) is 32.6 Å². The van der Waals surface area contributed by atoms with Crippen LogP contribution in [0.3, 0.4) is 0 Å². The molecule has 0 radical (unpaired) electrons. The first-order chi connectivity index (χ1) is 9.70. The van der Waals surface area contributed by atoms with Crippen molar-refractivity contribution in [2.45, 2.75) is 39.0 Å². The lowest BCUT2D eigenvalue weighted by molar-refractivity contribution is 0.282. The number of nitrogens with one attached hydrogen (secondary N) is 1. The van der Waals surface area contributed by atoms with Gasteiger partial charge in [0.1, 0.15) is 0 Å².